The van der Waals surface area contributed by atoms with E-state index in [4.69, 9.17) is 5.11 Å². The van der Waals surface area contributed by atoms with E-state index in [1.807, 2.05) is 0 Å². The number of carbonyl (C=O) groups is 1. The Morgan fingerprint density at radius 1 is 1.58 bits per heavy atom. The first-order valence-electron chi connectivity index (χ1n) is 3.96. The number of rotatable bonds is 2. The summed E-state index contributed by atoms with van der Waals surface area (Å²) >= 11 is 0. The van der Waals surface area contributed by atoms with Crippen LogP contribution in [0.25, 0.3) is 0 Å². The Balaban J connectivity index is 2.53. The van der Waals surface area contributed by atoms with Crippen LogP contribution < -0.4 is 10.6 Å². The van der Waals surface area contributed by atoms with Gasteiger partial charge in [-0.15, -0.1) is 0 Å². The van der Waals surface area contributed by atoms with Gasteiger partial charge in [0.25, 0.3) is 0 Å². The maximum Gasteiger partial charge on any atom is 0.405 e. The average Bonchev–Trinajstić information content (AvgIpc) is 2.05. The van der Waals surface area contributed by atoms with Gasteiger partial charge in [0.15, 0.2) is 0 Å². The number of amides is 1. The normalized spacial score (nSPS) is 21.8. The van der Waals surface area contributed by atoms with Crippen LogP contribution in [0.3, 0.4) is 0 Å². The van der Waals surface area contributed by atoms with Crippen LogP contribution in [0, 0.1) is 0 Å². The van der Waals surface area contributed by atoms with Gasteiger partial charge in [-0.2, -0.15) is 0 Å². The Bertz CT molecular complexity index is 169. The van der Waals surface area contributed by atoms with Gasteiger partial charge in [-0.3, -0.25) is 0 Å². The predicted octanol–water partition coefficient (Wildman–Crippen LogP) is 0.346. The van der Waals surface area contributed by atoms with Crippen molar-refractivity contribution in [2.75, 3.05) is 19.8 Å². The van der Waals surface area contributed by atoms with E-state index < -0.39 is 18.3 Å². The van der Waals surface area contributed by atoms with E-state index in [-0.39, 0.29) is 0 Å². The van der Waals surface area contributed by atoms with Gasteiger partial charge in [-0.1, -0.05) is 0 Å². The van der Waals surface area contributed by atoms with Crippen molar-refractivity contribution in [3.05, 3.63) is 0 Å². The zero-order valence-corrected chi connectivity index (χ0v) is 6.77. The smallest absolute Gasteiger partial charge is 0.405 e. The fourth-order valence-corrected chi connectivity index (χ4v) is 1.42. The number of hydrogen-bond donors (Lipinski definition) is 3. The summed E-state index contributed by atoms with van der Waals surface area (Å²) < 4.78 is 12.5. The van der Waals surface area contributed by atoms with Gasteiger partial charge in [0, 0.05) is 0 Å². The highest BCUT2D eigenvalue weighted by atomic mass is 19.1. The van der Waals surface area contributed by atoms with Crippen LogP contribution in [0.2, 0.25) is 0 Å². The Kier molecular flexibility index (Phi) is 2.86. The minimum Gasteiger partial charge on any atom is -0.465 e. The van der Waals surface area contributed by atoms with E-state index in [0.29, 0.717) is 25.9 Å². The summed E-state index contributed by atoms with van der Waals surface area (Å²) in [5, 5.41) is 13.8. The second-order valence-electron chi connectivity index (χ2n) is 3.09. The number of alkyl halides is 1. The van der Waals surface area contributed by atoms with E-state index in [1.165, 1.54) is 0 Å². The topological polar surface area (TPSA) is 61.4 Å². The number of piperidine rings is 1. The monoisotopic (exact) mass is 176 g/mol. The van der Waals surface area contributed by atoms with Gasteiger partial charge in [0.05, 0.1) is 5.54 Å². The second-order valence-corrected chi connectivity index (χ2v) is 3.09. The van der Waals surface area contributed by atoms with Crippen molar-refractivity contribution in [2.24, 2.45) is 0 Å². The van der Waals surface area contributed by atoms with E-state index >= 15 is 0 Å². The molecule has 0 unspecified atom stereocenters. The lowest BCUT2D eigenvalue weighted by molar-refractivity contribution is 0.149. The number of nitrogens with one attached hydrogen (secondary N) is 2. The van der Waals surface area contributed by atoms with Crippen molar-refractivity contribution in [3.63, 3.8) is 0 Å². The van der Waals surface area contributed by atoms with Crippen molar-refractivity contribution in [3.8, 4) is 0 Å². The lowest BCUT2D eigenvalue weighted by atomic mass is 9.90. The highest BCUT2D eigenvalue weighted by molar-refractivity contribution is 5.65. The summed E-state index contributed by atoms with van der Waals surface area (Å²) in [4.78, 5) is 10.3. The van der Waals surface area contributed by atoms with Crippen LogP contribution in [0.4, 0.5) is 9.18 Å². The molecule has 1 rings (SSSR count). The molecule has 1 aliphatic heterocycles. The van der Waals surface area contributed by atoms with Gasteiger partial charge < -0.3 is 15.7 Å². The Morgan fingerprint density at radius 2 is 2.17 bits per heavy atom. The molecule has 3 N–H and O–H groups in total. The van der Waals surface area contributed by atoms with E-state index in [2.05, 4.69) is 10.6 Å². The zero-order valence-electron chi connectivity index (χ0n) is 6.77. The summed E-state index contributed by atoms with van der Waals surface area (Å²) in [5.41, 5.74) is -0.836. The van der Waals surface area contributed by atoms with Crippen molar-refractivity contribution in [1.82, 2.24) is 10.6 Å². The van der Waals surface area contributed by atoms with Crippen molar-refractivity contribution < 1.29 is 14.3 Å². The molecule has 0 aromatic carbocycles. The molecule has 1 saturated heterocycles. The van der Waals surface area contributed by atoms with Crippen molar-refractivity contribution >= 4 is 6.09 Å². The number of hydrogen-bond acceptors (Lipinski definition) is 2. The van der Waals surface area contributed by atoms with Crippen LogP contribution in [0.5, 0.6) is 0 Å². The molecule has 0 spiro atoms. The molecule has 5 heteroatoms. The van der Waals surface area contributed by atoms with E-state index in [9.17, 15) is 9.18 Å². The third-order valence-electron chi connectivity index (χ3n) is 2.19. The molecule has 1 amide bonds. The lowest BCUT2D eigenvalue weighted by Gasteiger charge is -2.34. The SMILES string of the molecule is O=C(O)NC1(CF)CCNCC1. The highest BCUT2D eigenvalue weighted by Crippen LogP contribution is 2.18. The van der Waals surface area contributed by atoms with Crippen LogP contribution in [0.15, 0.2) is 0 Å². The third kappa shape index (κ3) is 2.07. The third-order valence-corrected chi connectivity index (χ3v) is 2.19. The van der Waals surface area contributed by atoms with Crippen molar-refractivity contribution in [2.45, 2.75) is 18.4 Å². The molecule has 4 nitrogen and oxygen atoms in total. The molecule has 1 heterocycles. The summed E-state index contributed by atoms with van der Waals surface area (Å²) in [6.07, 6.45) is -0.0967. The van der Waals surface area contributed by atoms with Gasteiger partial charge in [-0.05, 0) is 25.9 Å². The van der Waals surface area contributed by atoms with Crippen LogP contribution in [-0.4, -0.2) is 36.5 Å². The molecule has 70 valence electrons. The van der Waals surface area contributed by atoms with Crippen LogP contribution in [0.1, 0.15) is 12.8 Å². The first kappa shape index (κ1) is 9.25. The second kappa shape index (κ2) is 3.71. The van der Waals surface area contributed by atoms with Gasteiger partial charge >= 0.3 is 6.09 Å². The highest BCUT2D eigenvalue weighted by Gasteiger charge is 2.33. The quantitative estimate of drug-likeness (QED) is 0.568. The maximum atomic E-state index is 12.5. The number of halogens is 1. The Morgan fingerprint density at radius 3 is 2.58 bits per heavy atom. The summed E-state index contributed by atoms with van der Waals surface area (Å²) in [7, 11) is 0. The van der Waals surface area contributed by atoms with Gasteiger partial charge in [0.1, 0.15) is 6.67 Å². The molecule has 0 saturated carbocycles. The molecular formula is C7H13FN2O2. The molecule has 0 aliphatic carbocycles. The Hall–Kier alpha value is -0.840. The molecule has 0 atom stereocenters. The summed E-state index contributed by atoms with van der Waals surface area (Å²) in [5.74, 6) is 0. The zero-order chi connectivity index (χ0) is 9.03. The maximum absolute atomic E-state index is 12.5. The average molecular weight is 176 g/mol. The molecule has 1 aliphatic rings. The first-order chi connectivity index (χ1) is 5.68. The molecular weight excluding hydrogens is 163 g/mol. The summed E-state index contributed by atoms with van der Waals surface area (Å²) in [6, 6.07) is 0. The predicted molar refractivity (Wildman–Crippen MR) is 42.0 cm³/mol. The lowest BCUT2D eigenvalue weighted by Crippen LogP contribution is -2.55. The fraction of sp³-hybridized carbons (Fsp3) is 0.857. The molecule has 12 heavy (non-hydrogen) atoms. The minimum atomic E-state index is -1.14. The largest absolute Gasteiger partial charge is 0.465 e. The molecule has 1 fully saturated rings. The van der Waals surface area contributed by atoms with E-state index in [0.717, 1.165) is 0 Å². The van der Waals surface area contributed by atoms with Crippen LogP contribution in [-0.2, 0) is 0 Å². The van der Waals surface area contributed by atoms with Gasteiger partial charge in [-0.25, -0.2) is 9.18 Å². The van der Waals surface area contributed by atoms with Gasteiger partial charge in [0.2, 0.25) is 0 Å². The fourth-order valence-electron chi connectivity index (χ4n) is 1.42. The number of carboxylic acid groups (broad SMARTS) is 1. The van der Waals surface area contributed by atoms with Crippen LogP contribution >= 0.6 is 0 Å². The summed E-state index contributed by atoms with van der Waals surface area (Å²) in [6.45, 7) is 0.718. The standard InChI is InChI=1S/C7H13FN2O2/c8-5-7(10-6(11)12)1-3-9-4-2-7/h9-10H,1-5H2,(H,11,12). The first-order valence-corrected chi connectivity index (χ1v) is 3.96. The van der Waals surface area contributed by atoms with Crippen molar-refractivity contribution in [1.29, 1.82) is 0 Å². The Labute approximate surface area is 70.1 Å². The molecule has 0 radical (unpaired) electrons. The molecule has 0 bridgehead atoms. The molecule has 0 aromatic rings. The molecule has 0 aromatic heterocycles. The minimum absolute atomic E-state index is 0.524. The van der Waals surface area contributed by atoms with E-state index in [1.54, 1.807) is 0 Å².